The first-order valence-corrected chi connectivity index (χ1v) is 7.21. The molecule has 0 saturated heterocycles. The number of likely N-dealkylation sites (N-methyl/N-ethyl adjacent to an activating group) is 1. The third-order valence-corrected chi connectivity index (χ3v) is 3.35. The van der Waals surface area contributed by atoms with Crippen LogP contribution in [0.15, 0.2) is 54.9 Å². The molecular formula is C17H23N3. The summed E-state index contributed by atoms with van der Waals surface area (Å²) >= 11 is 0. The number of hydrogen-bond donors (Lipinski definition) is 1. The summed E-state index contributed by atoms with van der Waals surface area (Å²) in [6, 6.07) is 14.5. The van der Waals surface area contributed by atoms with Gasteiger partial charge in [0, 0.05) is 31.2 Å². The molecule has 2 aromatic rings. The highest BCUT2D eigenvalue weighted by atomic mass is 15.1. The average Bonchev–Trinajstić information content (AvgIpc) is 2.52. The topological polar surface area (TPSA) is 28.2 Å². The molecule has 0 spiro atoms. The van der Waals surface area contributed by atoms with Crippen molar-refractivity contribution in [2.45, 2.75) is 12.8 Å². The second-order valence-corrected chi connectivity index (χ2v) is 5.06. The van der Waals surface area contributed by atoms with E-state index in [-0.39, 0.29) is 0 Å². The summed E-state index contributed by atoms with van der Waals surface area (Å²) in [6.07, 6.45) is 5.96. The van der Waals surface area contributed by atoms with Crippen LogP contribution in [0.4, 0.5) is 5.69 Å². The lowest BCUT2D eigenvalue weighted by Gasteiger charge is -2.16. The van der Waals surface area contributed by atoms with Crippen molar-refractivity contribution >= 4 is 5.69 Å². The van der Waals surface area contributed by atoms with Crippen LogP contribution in [-0.4, -0.2) is 36.6 Å². The molecule has 1 N–H and O–H groups in total. The first-order valence-electron chi connectivity index (χ1n) is 7.21. The van der Waals surface area contributed by atoms with E-state index in [2.05, 4.69) is 58.6 Å². The molecule has 0 aliphatic rings. The number of nitrogens with one attached hydrogen (secondary N) is 1. The molecule has 0 aliphatic heterocycles. The van der Waals surface area contributed by atoms with Gasteiger partial charge in [-0.2, -0.15) is 0 Å². The number of rotatable bonds is 8. The third-order valence-electron chi connectivity index (χ3n) is 3.35. The van der Waals surface area contributed by atoms with E-state index in [1.165, 1.54) is 11.3 Å². The van der Waals surface area contributed by atoms with Crippen LogP contribution < -0.4 is 5.32 Å². The Hall–Kier alpha value is -1.87. The zero-order valence-corrected chi connectivity index (χ0v) is 12.1. The van der Waals surface area contributed by atoms with Crippen molar-refractivity contribution in [3.8, 4) is 0 Å². The van der Waals surface area contributed by atoms with Crippen molar-refractivity contribution in [3.63, 3.8) is 0 Å². The number of aromatic nitrogens is 1. The number of anilines is 1. The van der Waals surface area contributed by atoms with Crippen LogP contribution in [0.25, 0.3) is 0 Å². The number of pyridine rings is 1. The van der Waals surface area contributed by atoms with Crippen molar-refractivity contribution in [3.05, 3.63) is 60.4 Å². The van der Waals surface area contributed by atoms with E-state index in [1.807, 2.05) is 18.5 Å². The van der Waals surface area contributed by atoms with Gasteiger partial charge in [-0.05, 0) is 56.3 Å². The predicted molar refractivity (Wildman–Crippen MR) is 85.0 cm³/mol. The van der Waals surface area contributed by atoms with Crippen molar-refractivity contribution in [2.75, 3.05) is 32.0 Å². The molecule has 20 heavy (non-hydrogen) atoms. The highest BCUT2D eigenvalue weighted by molar-refractivity contribution is 5.42. The van der Waals surface area contributed by atoms with Gasteiger partial charge in [-0.3, -0.25) is 4.98 Å². The molecule has 0 unspecified atom stereocenters. The normalized spacial score (nSPS) is 10.7. The SMILES string of the molecule is CN(CCCNc1ccccc1)CCc1ccncc1. The Morgan fingerprint density at radius 3 is 2.50 bits per heavy atom. The van der Waals surface area contributed by atoms with Crippen LogP contribution >= 0.6 is 0 Å². The second-order valence-electron chi connectivity index (χ2n) is 5.06. The van der Waals surface area contributed by atoms with Gasteiger partial charge in [0.05, 0.1) is 0 Å². The molecule has 0 bridgehead atoms. The van der Waals surface area contributed by atoms with Crippen LogP contribution in [0, 0.1) is 0 Å². The van der Waals surface area contributed by atoms with Crippen LogP contribution in [0.1, 0.15) is 12.0 Å². The fourth-order valence-corrected chi connectivity index (χ4v) is 2.12. The van der Waals surface area contributed by atoms with Gasteiger partial charge < -0.3 is 10.2 Å². The highest BCUT2D eigenvalue weighted by Crippen LogP contribution is 2.05. The molecule has 0 fully saturated rings. The van der Waals surface area contributed by atoms with Crippen LogP contribution in [0.2, 0.25) is 0 Å². The minimum Gasteiger partial charge on any atom is -0.385 e. The van der Waals surface area contributed by atoms with E-state index < -0.39 is 0 Å². The molecule has 0 saturated carbocycles. The molecule has 3 heteroatoms. The van der Waals surface area contributed by atoms with Gasteiger partial charge in [-0.1, -0.05) is 18.2 Å². The maximum Gasteiger partial charge on any atom is 0.0340 e. The van der Waals surface area contributed by atoms with E-state index in [9.17, 15) is 0 Å². The summed E-state index contributed by atoms with van der Waals surface area (Å²) in [4.78, 5) is 6.42. The Bertz CT molecular complexity index is 470. The van der Waals surface area contributed by atoms with Gasteiger partial charge in [0.2, 0.25) is 0 Å². The largest absolute Gasteiger partial charge is 0.385 e. The number of para-hydroxylation sites is 1. The minimum atomic E-state index is 1.02. The smallest absolute Gasteiger partial charge is 0.0340 e. The maximum absolute atomic E-state index is 4.04. The lowest BCUT2D eigenvalue weighted by atomic mass is 10.2. The number of benzene rings is 1. The second kappa shape index (κ2) is 8.33. The lowest BCUT2D eigenvalue weighted by Crippen LogP contribution is -2.24. The molecule has 0 atom stereocenters. The lowest BCUT2D eigenvalue weighted by molar-refractivity contribution is 0.337. The van der Waals surface area contributed by atoms with Crippen LogP contribution in [-0.2, 0) is 6.42 Å². The highest BCUT2D eigenvalue weighted by Gasteiger charge is 1.99. The van der Waals surface area contributed by atoms with Crippen molar-refractivity contribution in [1.29, 1.82) is 0 Å². The van der Waals surface area contributed by atoms with Gasteiger partial charge in [-0.25, -0.2) is 0 Å². The number of hydrogen-bond acceptors (Lipinski definition) is 3. The molecule has 3 nitrogen and oxygen atoms in total. The standard InChI is InChI=1S/C17H23N3/c1-20(15-10-16-8-12-18-13-9-16)14-5-11-19-17-6-3-2-4-7-17/h2-4,6-9,12-13,19H,5,10-11,14-15H2,1H3. The van der Waals surface area contributed by atoms with Crippen molar-refractivity contribution < 1.29 is 0 Å². The summed E-state index contributed by atoms with van der Waals surface area (Å²) in [6.45, 7) is 3.23. The minimum absolute atomic E-state index is 1.02. The van der Waals surface area contributed by atoms with Gasteiger partial charge in [-0.15, -0.1) is 0 Å². The molecule has 2 rings (SSSR count). The molecule has 1 aromatic carbocycles. The van der Waals surface area contributed by atoms with Gasteiger partial charge in [0.1, 0.15) is 0 Å². The summed E-state index contributed by atoms with van der Waals surface area (Å²) in [5.41, 5.74) is 2.56. The number of nitrogens with zero attached hydrogens (tertiary/aromatic N) is 2. The van der Waals surface area contributed by atoms with Crippen molar-refractivity contribution in [1.82, 2.24) is 9.88 Å². The monoisotopic (exact) mass is 269 g/mol. The summed E-state index contributed by atoms with van der Waals surface area (Å²) < 4.78 is 0. The molecule has 1 heterocycles. The first-order chi connectivity index (χ1) is 9.84. The Balaban J connectivity index is 1.57. The Morgan fingerprint density at radius 1 is 1.00 bits per heavy atom. The van der Waals surface area contributed by atoms with E-state index in [1.54, 1.807) is 0 Å². The van der Waals surface area contributed by atoms with E-state index in [0.29, 0.717) is 0 Å². The molecule has 0 amide bonds. The summed E-state index contributed by atoms with van der Waals surface area (Å²) in [7, 11) is 2.18. The summed E-state index contributed by atoms with van der Waals surface area (Å²) in [5.74, 6) is 0. The Labute approximate surface area is 121 Å². The zero-order valence-electron chi connectivity index (χ0n) is 12.1. The van der Waals surface area contributed by atoms with E-state index in [4.69, 9.17) is 0 Å². The zero-order chi connectivity index (χ0) is 14.0. The Morgan fingerprint density at radius 2 is 1.75 bits per heavy atom. The quantitative estimate of drug-likeness (QED) is 0.747. The maximum atomic E-state index is 4.04. The van der Waals surface area contributed by atoms with Gasteiger partial charge in [0.25, 0.3) is 0 Å². The molecular weight excluding hydrogens is 246 g/mol. The molecule has 0 radical (unpaired) electrons. The fourth-order valence-electron chi connectivity index (χ4n) is 2.12. The Kier molecular flexibility index (Phi) is 6.06. The third kappa shape index (κ3) is 5.41. The summed E-state index contributed by atoms with van der Waals surface area (Å²) in [5, 5.41) is 3.44. The predicted octanol–water partition coefficient (Wildman–Crippen LogP) is 3.06. The van der Waals surface area contributed by atoms with E-state index in [0.717, 1.165) is 32.5 Å². The molecule has 1 aromatic heterocycles. The average molecular weight is 269 g/mol. The van der Waals surface area contributed by atoms with Crippen LogP contribution in [0.3, 0.4) is 0 Å². The van der Waals surface area contributed by atoms with Gasteiger partial charge in [0.15, 0.2) is 0 Å². The molecule has 0 aliphatic carbocycles. The van der Waals surface area contributed by atoms with E-state index >= 15 is 0 Å². The first kappa shape index (κ1) is 14.5. The van der Waals surface area contributed by atoms with Gasteiger partial charge >= 0.3 is 0 Å². The molecule has 106 valence electrons. The van der Waals surface area contributed by atoms with Crippen molar-refractivity contribution in [2.24, 2.45) is 0 Å². The van der Waals surface area contributed by atoms with Crippen LogP contribution in [0.5, 0.6) is 0 Å². The fraction of sp³-hybridized carbons (Fsp3) is 0.353.